The molecule has 1 aliphatic rings. The molecule has 0 bridgehead atoms. The van der Waals surface area contributed by atoms with E-state index in [1.807, 2.05) is 0 Å². The van der Waals surface area contributed by atoms with Crippen molar-refractivity contribution >= 4 is 22.5 Å². The Morgan fingerprint density at radius 2 is 2.14 bits per heavy atom. The van der Waals surface area contributed by atoms with E-state index in [9.17, 15) is 17.6 Å². The van der Waals surface area contributed by atoms with Gasteiger partial charge in [-0.25, -0.2) is 31.5 Å². The number of likely N-dealkylation sites (tertiary alicyclic amines) is 1. The lowest BCUT2D eigenvalue weighted by Crippen LogP contribution is -2.53. The van der Waals surface area contributed by atoms with Crippen LogP contribution >= 0.6 is 0 Å². The number of rotatable bonds is 6. The van der Waals surface area contributed by atoms with Gasteiger partial charge in [-0.05, 0) is 38.0 Å². The summed E-state index contributed by atoms with van der Waals surface area (Å²) in [6.45, 7) is -3.11. The van der Waals surface area contributed by atoms with Gasteiger partial charge >= 0.3 is 0 Å². The van der Waals surface area contributed by atoms with E-state index < -0.39 is 63.1 Å². The molecule has 5 rings (SSSR count). The number of fused-ring (bicyclic) bond motifs is 2. The number of benzene rings is 1. The summed E-state index contributed by atoms with van der Waals surface area (Å²) in [6.07, 6.45) is -2.15. The number of anilines is 1. The topological polar surface area (TPSA) is 72.5 Å². The molecule has 1 fully saturated rings. The Morgan fingerprint density at radius 3 is 2.86 bits per heavy atom. The SMILES string of the molecule is [2H]C([2H])([2H])Oc1nc(N[C@@H]2CCN(C([2H])([2H])[2H])CC2(F)F)nn2cc(F)c(-c3ccc4nc(C)n(CC(F)F)c4c3)c12. The number of hydrogen-bond acceptors (Lipinski definition) is 6. The van der Waals surface area contributed by atoms with Crippen LogP contribution in [-0.4, -0.2) is 74.5 Å². The fourth-order valence-electron chi connectivity index (χ4n) is 4.47. The largest absolute Gasteiger partial charge is 0.479 e. The van der Waals surface area contributed by atoms with Crippen molar-refractivity contribution in [1.82, 2.24) is 29.0 Å². The predicted octanol–water partition coefficient (Wildman–Crippen LogP) is 4.22. The molecular formula is C23H24F5N7O. The number of hydrogen-bond donors (Lipinski definition) is 1. The molecule has 192 valence electrons. The maximum absolute atomic E-state index is 15.5. The molecule has 0 unspecified atom stereocenters. The minimum Gasteiger partial charge on any atom is -0.479 e. The molecule has 0 radical (unpaired) electrons. The smallest absolute Gasteiger partial charge is 0.280 e. The second-order valence-corrected chi connectivity index (χ2v) is 8.52. The fraction of sp³-hybridized carbons (Fsp3) is 0.435. The maximum Gasteiger partial charge on any atom is 0.280 e. The third kappa shape index (κ3) is 4.21. The standard InChI is InChI=1S/C23H24F5N7O/c1-12-29-15-5-4-13(8-16(15)34(12)10-18(25)26)19-14(24)9-35-20(19)21(36-3)31-22(32-35)30-17-6-7-33(2)11-23(17,27)28/h4-5,8-9,17-18H,6-7,10-11H2,1-3H3,(H,30,32)/t17-/m1/s1/i2D3,3D3. The van der Waals surface area contributed by atoms with Gasteiger partial charge in [-0.1, -0.05) is 6.07 Å². The zero-order chi connectivity index (χ0) is 30.8. The highest BCUT2D eigenvalue weighted by molar-refractivity contribution is 5.90. The predicted molar refractivity (Wildman–Crippen MR) is 123 cm³/mol. The van der Waals surface area contributed by atoms with Crippen LogP contribution < -0.4 is 10.1 Å². The molecule has 1 saturated heterocycles. The Morgan fingerprint density at radius 1 is 1.31 bits per heavy atom. The van der Waals surface area contributed by atoms with Gasteiger partial charge in [-0.15, -0.1) is 5.10 Å². The lowest BCUT2D eigenvalue weighted by Gasteiger charge is -2.36. The summed E-state index contributed by atoms with van der Waals surface area (Å²) in [4.78, 5) is 8.87. The first-order valence-electron chi connectivity index (χ1n) is 13.9. The van der Waals surface area contributed by atoms with Crippen molar-refractivity contribution in [3.8, 4) is 17.0 Å². The molecule has 0 aliphatic carbocycles. The summed E-state index contributed by atoms with van der Waals surface area (Å²) >= 11 is 0. The average Bonchev–Trinajstić information content (AvgIpc) is 3.33. The third-order valence-electron chi connectivity index (χ3n) is 6.10. The molecule has 4 heterocycles. The van der Waals surface area contributed by atoms with Crippen LogP contribution in [0.15, 0.2) is 24.4 Å². The summed E-state index contributed by atoms with van der Waals surface area (Å²) in [5.74, 6) is -5.33. The van der Waals surface area contributed by atoms with Crippen LogP contribution in [0.5, 0.6) is 5.88 Å². The summed E-state index contributed by atoms with van der Waals surface area (Å²) in [7, 11) is -3.09. The van der Waals surface area contributed by atoms with E-state index >= 15 is 4.39 Å². The lowest BCUT2D eigenvalue weighted by atomic mass is 10.0. The number of aryl methyl sites for hydroxylation is 1. The summed E-state index contributed by atoms with van der Waals surface area (Å²) in [5.41, 5.74) is 0.303. The van der Waals surface area contributed by atoms with Gasteiger partial charge < -0.3 is 19.5 Å². The lowest BCUT2D eigenvalue weighted by molar-refractivity contribution is -0.0675. The number of nitrogens with zero attached hydrogens (tertiary/aromatic N) is 6. The number of aromatic nitrogens is 5. The second-order valence-electron chi connectivity index (χ2n) is 8.52. The summed E-state index contributed by atoms with van der Waals surface area (Å²) < 4.78 is 124. The Balaban J connectivity index is 1.59. The minimum atomic E-state index is -3.54. The highest BCUT2D eigenvalue weighted by Crippen LogP contribution is 2.36. The number of imidazole rings is 1. The molecule has 4 aromatic rings. The van der Waals surface area contributed by atoms with E-state index in [2.05, 4.69) is 20.4 Å². The van der Waals surface area contributed by atoms with E-state index in [4.69, 9.17) is 13.0 Å². The molecule has 0 amide bonds. The van der Waals surface area contributed by atoms with Gasteiger partial charge in [0.05, 0.1) is 53.1 Å². The van der Waals surface area contributed by atoms with Crippen LogP contribution in [0.1, 0.15) is 20.5 Å². The van der Waals surface area contributed by atoms with E-state index in [0.717, 1.165) is 10.7 Å². The zero-order valence-corrected chi connectivity index (χ0v) is 18.8. The molecule has 1 atom stereocenters. The quantitative estimate of drug-likeness (QED) is 0.388. The van der Waals surface area contributed by atoms with Gasteiger partial charge in [0.1, 0.15) is 11.3 Å². The summed E-state index contributed by atoms with van der Waals surface area (Å²) in [6, 6.07) is 2.71. The first-order chi connectivity index (χ1) is 19.4. The number of methoxy groups -OCH3 is 1. The molecule has 8 nitrogen and oxygen atoms in total. The van der Waals surface area contributed by atoms with Crippen LogP contribution in [0.25, 0.3) is 27.7 Å². The van der Waals surface area contributed by atoms with Crippen molar-refractivity contribution in [1.29, 1.82) is 0 Å². The highest BCUT2D eigenvalue weighted by Gasteiger charge is 2.44. The second kappa shape index (κ2) is 8.87. The Kier molecular flexibility index (Phi) is 4.41. The number of halogens is 5. The summed E-state index contributed by atoms with van der Waals surface area (Å²) in [5, 5.41) is 6.45. The van der Waals surface area contributed by atoms with E-state index in [1.54, 1.807) is 0 Å². The number of nitrogens with one attached hydrogen (secondary N) is 1. The van der Waals surface area contributed by atoms with Crippen molar-refractivity contribution in [3.05, 3.63) is 36.0 Å². The van der Waals surface area contributed by atoms with Crippen LogP contribution in [0, 0.1) is 12.7 Å². The third-order valence-corrected chi connectivity index (χ3v) is 6.10. The first kappa shape index (κ1) is 17.9. The van der Waals surface area contributed by atoms with Gasteiger partial charge in [0, 0.05) is 10.7 Å². The number of ether oxygens (including phenoxy) is 1. The van der Waals surface area contributed by atoms with E-state index in [0.29, 0.717) is 16.2 Å². The molecule has 1 N–H and O–H groups in total. The normalized spacial score (nSPS) is 21.6. The van der Waals surface area contributed by atoms with Gasteiger partial charge in [0.25, 0.3) is 12.3 Å². The van der Waals surface area contributed by atoms with Crippen LogP contribution in [0.2, 0.25) is 0 Å². The van der Waals surface area contributed by atoms with Gasteiger partial charge in [0.15, 0.2) is 5.82 Å². The number of alkyl halides is 4. The van der Waals surface area contributed by atoms with Crippen molar-refractivity contribution in [3.63, 3.8) is 0 Å². The van der Waals surface area contributed by atoms with Crippen LogP contribution in [-0.2, 0) is 6.54 Å². The zero-order valence-electron chi connectivity index (χ0n) is 24.8. The Hall–Kier alpha value is -3.48. The molecule has 1 aliphatic heterocycles. The molecule has 1 aromatic carbocycles. The van der Waals surface area contributed by atoms with Crippen LogP contribution in [0.3, 0.4) is 0 Å². The van der Waals surface area contributed by atoms with Gasteiger partial charge in [-0.3, -0.25) is 0 Å². The van der Waals surface area contributed by atoms with E-state index in [1.165, 1.54) is 29.7 Å². The molecular weight excluding hydrogens is 485 g/mol. The van der Waals surface area contributed by atoms with E-state index in [-0.39, 0.29) is 35.1 Å². The fourth-order valence-corrected chi connectivity index (χ4v) is 4.47. The monoisotopic (exact) mass is 515 g/mol. The first-order valence-corrected chi connectivity index (χ1v) is 10.9. The van der Waals surface area contributed by atoms with Crippen molar-refractivity contribution < 1.29 is 34.9 Å². The molecule has 3 aromatic heterocycles. The van der Waals surface area contributed by atoms with Crippen molar-refractivity contribution in [2.45, 2.75) is 38.3 Å². The highest BCUT2D eigenvalue weighted by atomic mass is 19.3. The minimum absolute atomic E-state index is 0.140. The average molecular weight is 516 g/mol. The molecule has 0 spiro atoms. The Labute approximate surface area is 211 Å². The van der Waals surface area contributed by atoms with Crippen molar-refractivity contribution in [2.75, 3.05) is 32.4 Å². The molecule has 13 heteroatoms. The Bertz CT molecular complexity index is 1640. The van der Waals surface area contributed by atoms with Gasteiger partial charge in [0.2, 0.25) is 11.8 Å². The van der Waals surface area contributed by atoms with Crippen LogP contribution in [0.4, 0.5) is 27.9 Å². The van der Waals surface area contributed by atoms with Gasteiger partial charge in [-0.2, -0.15) is 4.98 Å². The maximum atomic E-state index is 15.5. The molecule has 36 heavy (non-hydrogen) atoms. The van der Waals surface area contributed by atoms with Crippen molar-refractivity contribution in [2.24, 2.45) is 0 Å². The number of piperidine rings is 1. The molecule has 0 saturated carbocycles.